The molecule has 0 spiro atoms. The normalized spacial score (nSPS) is 11.8. The van der Waals surface area contributed by atoms with Crippen LogP contribution >= 0.6 is 15.9 Å². The first kappa shape index (κ1) is 20.1. The number of furan rings is 1. The number of hydrogen-bond acceptors (Lipinski definition) is 1. The molecule has 3 nitrogen and oxygen atoms in total. The summed E-state index contributed by atoms with van der Waals surface area (Å²) in [4.78, 5) is 7.19. The fourth-order valence-electron chi connectivity index (χ4n) is 5.07. The number of H-pyrrole nitrogens is 2. The van der Waals surface area contributed by atoms with Crippen molar-refractivity contribution in [1.29, 1.82) is 0 Å². The topological polar surface area (TPSA) is 44.7 Å². The lowest BCUT2D eigenvalue weighted by Crippen LogP contribution is -2.05. The number of benzene rings is 3. The molecule has 0 saturated heterocycles. The van der Waals surface area contributed by atoms with Gasteiger partial charge >= 0.3 is 0 Å². The van der Waals surface area contributed by atoms with Crippen molar-refractivity contribution in [1.82, 2.24) is 9.97 Å². The molecule has 33 heavy (non-hydrogen) atoms. The van der Waals surface area contributed by atoms with E-state index in [4.69, 9.17) is 4.42 Å². The zero-order valence-electron chi connectivity index (χ0n) is 18.4. The van der Waals surface area contributed by atoms with E-state index in [9.17, 15) is 0 Å². The van der Waals surface area contributed by atoms with Crippen molar-refractivity contribution in [3.05, 3.63) is 118 Å². The van der Waals surface area contributed by atoms with Gasteiger partial charge in [-0.25, -0.2) is 0 Å². The summed E-state index contributed by atoms with van der Waals surface area (Å²) >= 11 is 3.58. The van der Waals surface area contributed by atoms with Crippen LogP contribution in [-0.4, -0.2) is 9.97 Å². The van der Waals surface area contributed by atoms with Crippen LogP contribution in [0.15, 0.2) is 93.8 Å². The molecule has 2 N–H and O–H groups in total. The quantitative estimate of drug-likeness (QED) is 0.253. The molecule has 0 aliphatic heterocycles. The number of aryl methyl sites for hydroxylation is 2. The maximum atomic E-state index is 6.59. The number of rotatable bonds is 4. The summed E-state index contributed by atoms with van der Waals surface area (Å²) in [5, 5.41) is 2.45. The maximum Gasteiger partial charge on any atom is 0.134 e. The lowest BCUT2D eigenvalue weighted by Gasteiger charge is -2.17. The van der Waals surface area contributed by atoms with Gasteiger partial charge in [-0.3, -0.25) is 0 Å². The first-order chi connectivity index (χ1) is 16.1. The largest absolute Gasteiger partial charge is 0.460 e. The summed E-state index contributed by atoms with van der Waals surface area (Å²) < 4.78 is 7.63. The molecule has 3 heterocycles. The van der Waals surface area contributed by atoms with Crippen molar-refractivity contribution in [2.24, 2.45) is 0 Å². The van der Waals surface area contributed by atoms with Crippen LogP contribution in [0.1, 0.15) is 34.2 Å². The van der Waals surface area contributed by atoms with Crippen LogP contribution < -0.4 is 0 Å². The monoisotopic (exact) mass is 494 g/mol. The van der Waals surface area contributed by atoms with Crippen LogP contribution in [0.5, 0.6) is 0 Å². The maximum absolute atomic E-state index is 6.59. The molecule has 3 aromatic carbocycles. The second-order valence-corrected chi connectivity index (χ2v) is 9.48. The van der Waals surface area contributed by atoms with Crippen LogP contribution in [0.2, 0.25) is 0 Å². The highest BCUT2D eigenvalue weighted by Crippen LogP contribution is 2.44. The molecular formula is C29H23BrN2O. The summed E-state index contributed by atoms with van der Waals surface area (Å²) in [6.07, 6.45) is 0. The Morgan fingerprint density at radius 1 is 0.697 bits per heavy atom. The fourth-order valence-corrected chi connectivity index (χ4v) is 5.47. The van der Waals surface area contributed by atoms with Gasteiger partial charge in [0, 0.05) is 43.2 Å². The minimum atomic E-state index is -0.0433. The Labute approximate surface area is 200 Å². The van der Waals surface area contributed by atoms with Gasteiger partial charge in [-0.05, 0) is 61.4 Å². The molecule has 6 aromatic rings. The zero-order valence-corrected chi connectivity index (χ0v) is 20.0. The van der Waals surface area contributed by atoms with Crippen LogP contribution in [-0.2, 0) is 0 Å². The van der Waals surface area contributed by atoms with E-state index in [1.54, 1.807) is 0 Å². The minimum absolute atomic E-state index is 0.0433. The van der Waals surface area contributed by atoms with Crippen molar-refractivity contribution >= 4 is 37.7 Å². The Kier molecular flexibility index (Phi) is 4.77. The minimum Gasteiger partial charge on any atom is -0.460 e. The number of aromatic amines is 2. The second-order valence-electron chi connectivity index (χ2n) is 8.56. The van der Waals surface area contributed by atoms with Crippen molar-refractivity contribution in [2.75, 3.05) is 0 Å². The summed E-state index contributed by atoms with van der Waals surface area (Å²) in [6.45, 7) is 4.31. The highest BCUT2D eigenvalue weighted by Gasteiger charge is 2.29. The summed E-state index contributed by atoms with van der Waals surface area (Å²) in [5.74, 6) is 1.76. The average molecular weight is 495 g/mol. The van der Waals surface area contributed by atoms with Gasteiger partial charge in [0.25, 0.3) is 0 Å². The molecule has 6 rings (SSSR count). The molecule has 0 saturated carbocycles. The van der Waals surface area contributed by atoms with E-state index in [1.807, 2.05) is 12.1 Å². The molecule has 162 valence electrons. The van der Waals surface area contributed by atoms with Gasteiger partial charge in [-0.2, -0.15) is 0 Å². The second kappa shape index (κ2) is 7.82. The molecular weight excluding hydrogens is 472 g/mol. The Balaban J connectivity index is 1.62. The van der Waals surface area contributed by atoms with Crippen LogP contribution in [0.3, 0.4) is 0 Å². The van der Waals surface area contributed by atoms with Crippen molar-refractivity contribution < 1.29 is 4.42 Å². The number of nitrogens with one attached hydrogen (secondary N) is 2. The third-order valence-electron chi connectivity index (χ3n) is 6.48. The van der Waals surface area contributed by atoms with E-state index in [0.29, 0.717) is 0 Å². The summed E-state index contributed by atoms with van der Waals surface area (Å²) in [7, 11) is 0. The number of aromatic nitrogens is 2. The van der Waals surface area contributed by atoms with Gasteiger partial charge in [-0.1, -0.05) is 64.5 Å². The lowest BCUT2D eigenvalue weighted by atomic mass is 9.85. The van der Waals surface area contributed by atoms with Crippen LogP contribution in [0.4, 0.5) is 0 Å². The van der Waals surface area contributed by atoms with E-state index in [1.165, 1.54) is 21.9 Å². The van der Waals surface area contributed by atoms with Gasteiger partial charge in [0.2, 0.25) is 0 Å². The van der Waals surface area contributed by atoms with E-state index >= 15 is 0 Å². The number of hydrogen-bond donors (Lipinski definition) is 2. The number of fused-ring (bicyclic) bond motifs is 2. The third kappa shape index (κ3) is 3.33. The van der Waals surface area contributed by atoms with Crippen molar-refractivity contribution in [3.63, 3.8) is 0 Å². The Hall–Kier alpha value is -3.50. The van der Waals surface area contributed by atoms with Gasteiger partial charge in [0.1, 0.15) is 11.5 Å². The highest BCUT2D eigenvalue weighted by molar-refractivity contribution is 9.10. The van der Waals surface area contributed by atoms with Crippen molar-refractivity contribution in [3.8, 4) is 11.3 Å². The van der Waals surface area contributed by atoms with Crippen molar-refractivity contribution in [2.45, 2.75) is 19.8 Å². The fraction of sp³-hybridized carbons (Fsp3) is 0.103. The molecule has 0 fully saturated rings. The molecule has 3 aromatic heterocycles. The molecule has 0 atom stereocenters. The van der Waals surface area contributed by atoms with Crippen LogP contribution in [0, 0.1) is 13.8 Å². The first-order valence-corrected chi connectivity index (χ1v) is 11.9. The zero-order chi connectivity index (χ0) is 22.5. The molecule has 0 unspecified atom stereocenters. The van der Waals surface area contributed by atoms with Gasteiger partial charge in [-0.15, -0.1) is 0 Å². The smallest absolute Gasteiger partial charge is 0.134 e. The predicted octanol–water partition coefficient (Wildman–Crippen LogP) is 8.47. The van der Waals surface area contributed by atoms with E-state index < -0.39 is 0 Å². The molecule has 0 aliphatic carbocycles. The lowest BCUT2D eigenvalue weighted by molar-refractivity contribution is 0.516. The van der Waals surface area contributed by atoms with Gasteiger partial charge < -0.3 is 14.4 Å². The predicted molar refractivity (Wildman–Crippen MR) is 139 cm³/mol. The van der Waals surface area contributed by atoms with E-state index in [-0.39, 0.29) is 5.92 Å². The average Bonchev–Trinajstić information content (AvgIpc) is 3.51. The molecule has 0 amide bonds. The summed E-state index contributed by atoms with van der Waals surface area (Å²) in [5.41, 5.74) is 8.18. The molecule has 4 heteroatoms. The molecule has 0 radical (unpaired) electrons. The molecule has 0 bridgehead atoms. The standard InChI is InChI=1S/C29H23BrN2O/c1-17-27(21-10-3-5-12-23(21)31-17)29(28-18(2)32-24-13-6-4-11-22(24)28)26-15-14-25(33-26)19-8-7-9-20(30)16-19/h3-16,29,31-32H,1-2H3. The highest BCUT2D eigenvalue weighted by atomic mass is 79.9. The first-order valence-electron chi connectivity index (χ1n) is 11.1. The SMILES string of the molecule is Cc1[nH]c2ccccc2c1C(c1ccc(-c2cccc(Br)c2)o1)c1c(C)[nH]c2ccccc12. The summed E-state index contributed by atoms with van der Waals surface area (Å²) in [6, 6.07) is 29.5. The number of halogens is 1. The number of para-hydroxylation sites is 2. The van der Waals surface area contributed by atoms with E-state index in [0.717, 1.165) is 44.0 Å². The van der Waals surface area contributed by atoms with Gasteiger partial charge in [0.15, 0.2) is 0 Å². The molecule has 0 aliphatic rings. The van der Waals surface area contributed by atoms with Gasteiger partial charge in [0.05, 0.1) is 5.92 Å². The Morgan fingerprint density at radius 3 is 1.91 bits per heavy atom. The van der Waals surface area contributed by atoms with Crippen LogP contribution in [0.25, 0.3) is 33.1 Å². The van der Waals surface area contributed by atoms with E-state index in [2.05, 4.69) is 113 Å². The Bertz CT molecular complexity index is 1540. The Morgan fingerprint density at radius 2 is 1.30 bits per heavy atom. The third-order valence-corrected chi connectivity index (χ3v) is 6.98.